The molecule has 0 bridgehead atoms. The number of nitrogens with one attached hydrogen (secondary N) is 1. The van der Waals surface area contributed by atoms with E-state index in [0.29, 0.717) is 38.4 Å². The average Bonchev–Trinajstić information content (AvgIpc) is 2.92. The Kier molecular flexibility index (Phi) is 9.52. The Bertz CT molecular complexity index is 1290. The van der Waals surface area contributed by atoms with E-state index >= 15 is 0 Å². The van der Waals surface area contributed by atoms with Gasteiger partial charge in [-0.25, -0.2) is 4.79 Å². The molecule has 0 aliphatic carbocycles. The molecule has 3 aromatic carbocycles. The van der Waals surface area contributed by atoms with E-state index in [9.17, 15) is 14.9 Å². The maximum atomic E-state index is 13.0. The van der Waals surface area contributed by atoms with Gasteiger partial charge >= 0.3 is 5.97 Å². The van der Waals surface area contributed by atoms with E-state index in [1.54, 1.807) is 37.3 Å². The molecule has 0 spiro atoms. The molecule has 0 aromatic heterocycles. The van der Waals surface area contributed by atoms with E-state index in [1.807, 2.05) is 24.3 Å². The van der Waals surface area contributed by atoms with Crippen LogP contribution in [0.4, 0.5) is 0 Å². The fourth-order valence-electron chi connectivity index (χ4n) is 3.78. The SMILES string of the molecule is CCOC(=O)C(Cc1ccc(-c2c(OC)cc(C#N)cc2OC)cc1)NC(=O)c1cc(OC)ccc1Br. The first-order valence-electron chi connectivity index (χ1n) is 11.4. The highest BCUT2D eigenvalue weighted by atomic mass is 79.9. The minimum atomic E-state index is -0.907. The number of methoxy groups -OCH3 is 3. The van der Waals surface area contributed by atoms with Gasteiger partial charge in [0.2, 0.25) is 0 Å². The predicted octanol–water partition coefficient (Wildman–Crippen LogP) is 4.92. The number of nitrogens with zero attached hydrogens (tertiary/aromatic N) is 1. The van der Waals surface area contributed by atoms with E-state index < -0.39 is 17.9 Å². The summed E-state index contributed by atoms with van der Waals surface area (Å²) in [4.78, 5) is 25.7. The third-order valence-electron chi connectivity index (χ3n) is 5.61. The zero-order chi connectivity index (χ0) is 26.9. The molecule has 9 heteroatoms. The molecule has 0 saturated heterocycles. The van der Waals surface area contributed by atoms with Gasteiger partial charge in [-0.05, 0) is 64.3 Å². The number of amides is 1. The number of carbonyl (C=O) groups excluding carboxylic acids is 2. The van der Waals surface area contributed by atoms with E-state index in [0.717, 1.165) is 11.1 Å². The second-order valence-electron chi connectivity index (χ2n) is 7.89. The van der Waals surface area contributed by atoms with Crippen LogP contribution in [-0.2, 0) is 16.0 Å². The second kappa shape index (κ2) is 12.8. The number of esters is 1. The van der Waals surface area contributed by atoms with Gasteiger partial charge in [-0.2, -0.15) is 5.26 Å². The van der Waals surface area contributed by atoms with Crippen LogP contribution in [0.15, 0.2) is 59.1 Å². The Labute approximate surface area is 224 Å². The van der Waals surface area contributed by atoms with Gasteiger partial charge in [0.15, 0.2) is 0 Å². The number of hydrogen-bond donors (Lipinski definition) is 1. The summed E-state index contributed by atoms with van der Waals surface area (Å²) in [6, 6.07) is 16.9. The quantitative estimate of drug-likeness (QED) is 0.347. The first-order valence-corrected chi connectivity index (χ1v) is 12.2. The average molecular weight is 567 g/mol. The lowest BCUT2D eigenvalue weighted by Gasteiger charge is -2.19. The standard InChI is InChI=1S/C28H27BrN2O6/c1-5-37-28(33)23(31-27(32)21-15-20(34-2)10-11-22(21)29)12-17-6-8-19(9-7-17)26-24(35-3)13-18(16-30)14-25(26)36-4/h6-11,13-15,23H,5,12H2,1-4H3,(H,31,32). The molecular formula is C28H27BrN2O6. The van der Waals surface area contributed by atoms with Crippen molar-refractivity contribution in [3.05, 3.63) is 75.8 Å². The molecule has 192 valence electrons. The van der Waals surface area contributed by atoms with Gasteiger partial charge in [-0.3, -0.25) is 4.79 Å². The highest BCUT2D eigenvalue weighted by molar-refractivity contribution is 9.10. The van der Waals surface area contributed by atoms with Crippen molar-refractivity contribution in [3.8, 4) is 34.4 Å². The molecule has 3 rings (SSSR count). The molecule has 3 aromatic rings. The number of hydrogen-bond acceptors (Lipinski definition) is 7. The summed E-state index contributed by atoms with van der Waals surface area (Å²) in [6.07, 6.45) is 0.216. The van der Waals surface area contributed by atoms with E-state index in [-0.39, 0.29) is 13.0 Å². The maximum absolute atomic E-state index is 13.0. The molecule has 0 aliphatic heterocycles. The molecule has 1 unspecified atom stereocenters. The third kappa shape index (κ3) is 6.60. The Morgan fingerprint density at radius 2 is 1.62 bits per heavy atom. The summed E-state index contributed by atoms with van der Waals surface area (Å²) in [7, 11) is 4.57. The van der Waals surface area contributed by atoms with Crippen molar-refractivity contribution in [3.63, 3.8) is 0 Å². The van der Waals surface area contributed by atoms with Gasteiger partial charge in [-0.15, -0.1) is 0 Å². The van der Waals surface area contributed by atoms with Crippen molar-refractivity contribution >= 4 is 27.8 Å². The molecule has 1 amide bonds. The monoisotopic (exact) mass is 566 g/mol. The van der Waals surface area contributed by atoms with Crippen LogP contribution in [0.1, 0.15) is 28.4 Å². The number of benzene rings is 3. The number of halogens is 1. The molecule has 1 atom stereocenters. The van der Waals surface area contributed by atoms with Gasteiger partial charge in [0.1, 0.15) is 23.3 Å². The highest BCUT2D eigenvalue weighted by Crippen LogP contribution is 2.39. The molecule has 0 saturated carbocycles. The summed E-state index contributed by atoms with van der Waals surface area (Å²) >= 11 is 3.38. The van der Waals surface area contributed by atoms with Crippen molar-refractivity contribution in [2.24, 2.45) is 0 Å². The summed E-state index contributed by atoms with van der Waals surface area (Å²) in [5, 5.41) is 12.1. The zero-order valence-electron chi connectivity index (χ0n) is 21.0. The van der Waals surface area contributed by atoms with Crippen LogP contribution in [0.3, 0.4) is 0 Å². The Hall–Kier alpha value is -4.03. The van der Waals surface area contributed by atoms with Crippen molar-refractivity contribution in [2.45, 2.75) is 19.4 Å². The maximum Gasteiger partial charge on any atom is 0.328 e. The van der Waals surface area contributed by atoms with Crippen LogP contribution < -0.4 is 19.5 Å². The van der Waals surface area contributed by atoms with Crippen molar-refractivity contribution in [2.75, 3.05) is 27.9 Å². The Morgan fingerprint density at radius 1 is 0.973 bits per heavy atom. The van der Waals surface area contributed by atoms with Gasteiger partial charge in [0.25, 0.3) is 5.91 Å². The van der Waals surface area contributed by atoms with Gasteiger partial charge in [0, 0.05) is 10.9 Å². The van der Waals surface area contributed by atoms with Crippen LogP contribution >= 0.6 is 15.9 Å². The lowest BCUT2D eigenvalue weighted by atomic mass is 9.98. The minimum absolute atomic E-state index is 0.186. The second-order valence-corrected chi connectivity index (χ2v) is 8.75. The number of nitriles is 1. The third-order valence-corrected chi connectivity index (χ3v) is 6.30. The van der Waals surface area contributed by atoms with Crippen LogP contribution in [0, 0.1) is 11.3 Å². The number of ether oxygens (including phenoxy) is 4. The van der Waals surface area contributed by atoms with Crippen molar-refractivity contribution < 1.29 is 28.5 Å². The van der Waals surface area contributed by atoms with E-state index in [4.69, 9.17) is 18.9 Å². The molecule has 0 radical (unpaired) electrons. The zero-order valence-corrected chi connectivity index (χ0v) is 22.5. The van der Waals surface area contributed by atoms with Gasteiger partial charge < -0.3 is 24.3 Å². The van der Waals surface area contributed by atoms with Crippen LogP contribution in [0.5, 0.6) is 17.2 Å². The fourth-order valence-corrected chi connectivity index (χ4v) is 4.21. The fraction of sp³-hybridized carbons (Fsp3) is 0.250. The van der Waals surface area contributed by atoms with Crippen LogP contribution in [0.2, 0.25) is 0 Å². The van der Waals surface area contributed by atoms with Gasteiger partial charge in [-0.1, -0.05) is 24.3 Å². The molecule has 0 aliphatic rings. The molecule has 0 heterocycles. The highest BCUT2D eigenvalue weighted by Gasteiger charge is 2.25. The number of carbonyl (C=O) groups is 2. The molecule has 8 nitrogen and oxygen atoms in total. The smallest absolute Gasteiger partial charge is 0.328 e. The molecule has 0 fully saturated rings. The summed E-state index contributed by atoms with van der Waals surface area (Å²) in [5.41, 5.74) is 3.07. The van der Waals surface area contributed by atoms with E-state index in [1.165, 1.54) is 21.3 Å². The normalized spacial score (nSPS) is 11.1. The molecule has 37 heavy (non-hydrogen) atoms. The first-order chi connectivity index (χ1) is 17.8. The topological polar surface area (TPSA) is 107 Å². The Morgan fingerprint density at radius 3 is 2.16 bits per heavy atom. The van der Waals surface area contributed by atoms with Gasteiger partial charge in [0.05, 0.1) is 50.7 Å². The lowest BCUT2D eigenvalue weighted by Crippen LogP contribution is -2.43. The molecule has 1 N–H and O–H groups in total. The predicted molar refractivity (Wildman–Crippen MR) is 142 cm³/mol. The van der Waals surface area contributed by atoms with Crippen molar-refractivity contribution in [1.29, 1.82) is 5.26 Å². The molecular weight excluding hydrogens is 540 g/mol. The first kappa shape index (κ1) is 27.6. The summed E-state index contributed by atoms with van der Waals surface area (Å²) in [6.45, 7) is 1.90. The van der Waals surface area contributed by atoms with Crippen LogP contribution in [0.25, 0.3) is 11.1 Å². The van der Waals surface area contributed by atoms with Crippen LogP contribution in [-0.4, -0.2) is 45.9 Å². The number of rotatable bonds is 10. The Balaban J connectivity index is 1.88. The van der Waals surface area contributed by atoms with E-state index in [2.05, 4.69) is 27.3 Å². The summed E-state index contributed by atoms with van der Waals surface area (Å²) < 4.78 is 22.0. The largest absolute Gasteiger partial charge is 0.497 e. The lowest BCUT2D eigenvalue weighted by molar-refractivity contribution is -0.145. The van der Waals surface area contributed by atoms with Crippen molar-refractivity contribution in [1.82, 2.24) is 5.32 Å². The minimum Gasteiger partial charge on any atom is -0.497 e. The summed E-state index contributed by atoms with van der Waals surface area (Å²) in [5.74, 6) is 0.556.